The van der Waals surface area contributed by atoms with E-state index < -0.39 is 5.60 Å². The molecule has 0 heterocycles. The summed E-state index contributed by atoms with van der Waals surface area (Å²) >= 11 is 1.99. The largest absolute Gasteiger partial charge is 0.389 e. The van der Waals surface area contributed by atoms with Gasteiger partial charge in [-0.3, -0.25) is 0 Å². The first-order valence-corrected chi connectivity index (χ1v) is 8.51. The number of aliphatic hydroxyl groups is 1. The maximum atomic E-state index is 10.6. The molecule has 2 rings (SSSR count). The van der Waals surface area contributed by atoms with Gasteiger partial charge in [-0.05, 0) is 31.9 Å². The summed E-state index contributed by atoms with van der Waals surface area (Å²) in [5.74, 6) is 0. The van der Waals surface area contributed by atoms with E-state index in [-0.39, 0.29) is 0 Å². The van der Waals surface area contributed by atoms with Gasteiger partial charge in [0, 0.05) is 17.8 Å². The zero-order chi connectivity index (χ0) is 12.1. The third-order valence-corrected chi connectivity index (χ3v) is 5.65. The van der Waals surface area contributed by atoms with Crippen molar-refractivity contribution >= 4 is 11.8 Å². The number of rotatable bonds is 4. The number of hydrogen-bond donors (Lipinski definition) is 2. The molecule has 2 N–H and O–H groups in total. The van der Waals surface area contributed by atoms with Gasteiger partial charge >= 0.3 is 0 Å². The molecule has 0 aromatic heterocycles. The lowest BCUT2D eigenvalue weighted by Gasteiger charge is -2.30. The molecule has 0 aromatic carbocycles. The first kappa shape index (κ1) is 13.7. The van der Waals surface area contributed by atoms with E-state index in [9.17, 15) is 5.11 Å². The van der Waals surface area contributed by atoms with E-state index in [1.165, 1.54) is 44.9 Å². The summed E-state index contributed by atoms with van der Waals surface area (Å²) in [4.78, 5) is 0. The summed E-state index contributed by atoms with van der Waals surface area (Å²) in [5.41, 5.74) is -0.415. The van der Waals surface area contributed by atoms with Crippen LogP contribution >= 0.6 is 11.8 Å². The fourth-order valence-electron chi connectivity index (χ4n) is 3.33. The van der Waals surface area contributed by atoms with Crippen LogP contribution in [-0.2, 0) is 0 Å². The van der Waals surface area contributed by atoms with Gasteiger partial charge in [-0.25, -0.2) is 0 Å². The quantitative estimate of drug-likeness (QED) is 0.760. The predicted octanol–water partition coefficient (Wildman–Crippen LogP) is 2.95. The molecule has 0 spiro atoms. The molecule has 0 bridgehead atoms. The van der Waals surface area contributed by atoms with Gasteiger partial charge in [0.1, 0.15) is 0 Å². The minimum atomic E-state index is -0.415. The van der Waals surface area contributed by atoms with Crippen molar-refractivity contribution in [1.82, 2.24) is 5.32 Å². The lowest BCUT2D eigenvalue weighted by atomic mass is 9.94. The number of nitrogens with one attached hydrogen (secondary N) is 1. The van der Waals surface area contributed by atoms with Crippen LogP contribution in [0.15, 0.2) is 0 Å². The van der Waals surface area contributed by atoms with Crippen molar-refractivity contribution in [3.05, 3.63) is 0 Å². The Morgan fingerprint density at radius 1 is 1.12 bits per heavy atom. The van der Waals surface area contributed by atoms with Crippen molar-refractivity contribution < 1.29 is 5.11 Å². The van der Waals surface area contributed by atoms with Crippen LogP contribution in [0.2, 0.25) is 0 Å². The molecule has 2 aliphatic carbocycles. The molecule has 2 atom stereocenters. The third-order valence-electron chi connectivity index (χ3n) is 4.48. The van der Waals surface area contributed by atoms with Gasteiger partial charge in [0.25, 0.3) is 0 Å². The van der Waals surface area contributed by atoms with Crippen LogP contribution < -0.4 is 5.32 Å². The molecular formula is C14H27NOS. The minimum Gasteiger partial charge on any atom is -0.389 e. The molecule has 0 aromatic rings. The maximum absolute atomic E-state index is 10.6. The van der Waals surface area contributed by atoms with Crippen LogP contribution in [-0.4, -0.2) is 34.8 Å². The van der Waals surface area contributed by atoms with Gasteiger partial charge < -0.3 is 10.4 Å². The molecule has 3 heteroatoms. The summed E-state index contributed by atoms with van der Waals surface area (Å²) < 4.78 is 0. The normalized spacial score (nSPS) is 33.5. The maximum Gasteiger partial charge on any atom is 0.0771 e. The van der Waals surface area contributed by atoms with E-state index in [4.69, 9.17) is 0 Å². The monoisotopic (exact) mass is 257 g/mol. The van der Waals surface area contributed by atoms with Gasteiger partial charge in [0.05, 0.1) is 5.60 Å². The Balaban J connectivity index is 1.79. The van der Waals surface area contributed by atoms with E-state index in [1.807, 2.05) is 11.8 Å². The Morgan fingerprint density at radius 3 is 2.47 bits per heavy atom. The SMILES string of the molecule is CSC1CCCC1NCC1(O)CCCCCC1. The summed E-state index contributed by atoms with van der Waals surface area (Å²) in [5, 5.41) is 15.0. The van der Waals surface area contributed by atoms with Crippen LogP contribution in [0.3, 0.4) is 0 Å². The van der Waals surface area contributed by atoms with Gasteiger partial charge in [-0.15, -0.1) is 0 Å². The van der Waals surface area contributed by atoms with E-state index in [1.54, 1.807) is 0 Å². The topological polar surface area (TPSA) is 32.3 Å². The predicted molar refractivity (Wildman–Crippen MR) is 75.6 cm³/mol. The Hall–Kier alpha value is 0.270. The van der Waals surface area contributed by atoms with Gasteiger partial charge in [0.15, 0.2) is 0 Å². The van der Waals surface area contributed by atoms with Crippen LogP contribution in [0.25, 0.3) is 0 Å². The van der Waals surface area contributed by atoms with Crippen molar-refractivity contribution in [3.63, 3.8) is 0 Å². The lowest BCUT2D eigenvalue weighted by molar-refractivity contribution is 0.0230. The molecular weight excluding hydrogens is 230 g/mol. The highest BCUT2D eigenvalue weighted by molar-refractivity contribution is 7.99. The first-order chi connectivity index (χ1) is 8.23. The van der Waals surface area contributed by atoms with Crippen molar-refractivity contribution in [3.8, 4) is 0 Å². The highest BCUT2D eigenvalue weighted by Crippen LogP contribution is 2.30. The highest BCUT2D eigenvalue weighted by Gasteiger charge is 2.31. The Bertz CT molecular complexity index is 226. The van der Waals surface area contributed by atoms with Crippen molar-refractivity contribution in [2.75, 3.05) is 12.8 Å². The second-order valence-corrected chi connectivity index (χ2v) is 6.91. The van der Waals surface area contributed by atoms with Gasteiger partial charge in [-0.1, -0.05) is 32.1 Å². The van der Waals surface area contributed by atoms with Crippen LogP contribution in [0.4, 0.5) is 0 Å². The Morgan fingerprint density at radius 2 is 1.82 bits per heavy atom. The standard InChI is InChI=1S/C14H27NOS/c1-17-13-8-6-7-12(13)15-11-14(16)9-4-2-3-5-10-14/h12-13,15-16H,2-11H2,1H3. The molecule has 100 valence electrons. The zero-order valence-corrected chi connectivity index (χ0v) is 11.9. The van der Waals surface area contributed by atoms with E-state index in [0.717, 1.165) is 24.6 Å². The summed E-state index contributed by atoms with van der Waals surface area (Å²) in [6.07, 6.45) is 13.2. The fourth-order valence-corrected chi connectivity index (χ4v) is 4.29. The molecule has 2 fully saturated rings. The summed E-state index contributed by atoms with van der Waals surface area (Å²) in [6.45, 7) is 0.814. The fraction of sp³-hybridized carbons (Fsp3) is 1.00. The van der Waals surface area contributed by atoms with E-state index in [2.05, 4.69) is 11.6 Å². The van der Waals surface area contributed by atoms with Crippen molar-refractivity contribution in [1.29, 1.82) is 0 Å². The number of thioether (sulfide) groups is 1. The second kappa shape index (κ2) is 6.44. The molecule has 0 radical (unpaired) electrons. The van der Waals surface area contributed by atoms with E-state index >= 15 is 0 Å². The van der Waals surface area contributed by atoms with Crippen LogP contribution in [0.1, 0.15) is 57.8 Å². The third kappa shape index (κ3) is 3.87. The molecule has 0 saturated heterocycles. The molecule has 2 aliphatic rings. The Labute approximate surface area is 110 Å². The van der Waals surface area contributed by atoms with Gasteiger partial charge in [-0.2, -0.15) is 11.8 Å². The highest BCUT2D eigenvalue weighted by atomic mass is 32.2. The molecule has 0 aliphatic heterocycles. The van der Waals surface area contributed by atoms with Crippen LogP contribution in [0, 0.1) is 0 Å². The minimum absolute atomic E-state index is 0.415. The zero-order valence-electron chi connectivity index (χ0n) is 11.1. The van der Waals surface area contributed by atoms with Gasteiger partial charge in [0.2, 0.25) is 0 Å². The molecule has 2 nitrogen and oxygen atoms in total. The van der Waals surface area contributed by atoms with Crippen molar-refractivity contribution in [2.24, 2.45) is 0 Å². The second-order valence-electron chi connectivity index (χ2n) is 5.83. The number of hydrogen-bond acceptors (Lipinski definition) is 3. The lowest BCUT2D eigenvalue weighted by Crippen LogP contribution is -2.46. The average molecular weight is 257 g/mol. The molecule has 2 saturated carbocycles. The Kier molecular flexibility index (Phi) is 5.19. The van der Waals surface area contributed by atoms with E-state index in [0.29, 0.717) is 6.04 Å². The molecule has 17 heavy (non-hydrogen) atoms. The summed E-state index contributed by atoms with van der Waals surface area (Å²) in [6, 6.07) is 0.636. The smallest absolute Gasteiger partial charge is 0.0771 e. The van der Waals surface area contributed by atoms with Crippen molar-refractivity contribution in [2.45, 2.75) is 74.7 Å². The summed E-state index contributed by atoms with van der Waals surface area (Å²) in [7, 11) is 0. The van der Waals surface area contributed by atoms with Crippen LogP contribution in [0.5, 0.6) is 0 Å². The average Bonchev–Trinajstić information content (AvgIpc) is 2.68. The first-order valence-electron chi connectivity index (χ1n) is 7.22. The molecule has 2 unspecified atom stereocenters. The molecule has 0 amide bonds.